The summed E-state index contributed by atoms with van der Waals surface area (Å²) >= 11 is 0. The zero-order chi connectivity index (χ0) is 24.0. The predicted octanol–water partition coefficient (Wildman–Crippen LogP) is 6.05. The lowest BCUT2D eigenvalue weighted by Gasteiger charge is -2.27. The van der Waals surface area contributed by atoms with E-state index in [0.717, 1.165) is 34.8 Å². The van der Waals surface area contributed by atoms with Gasteiger partial charge in [-0.15, -0.1) is 0 Å². The topological polar surface area (TPSA) is 91.6 Å². The summed E-state index contributed by atoms with van der Waals surface area (Å²) in [4.78, 5) is 22.8. The molecule has 33 heavy (non-hydrogen) atoms. The molecule has 0 aliphatic rings. The summed E-state index contributed by atoms with van der Waals surface area (Å²) < 4.78 is 6.10. The van der Waals surface area contributed by atoms with Crippen LogP contribution in [0.1, 0.15) is 61.3 Å². The van der Waals surface area contributed by atoms with E-state index in [1.54, 1.807) is 12.1 Å². The van der Waals surface area contributed by atoms with Crippen LogP contribution in [0.2, 0.25) is 0 Å². The Balaban J connectivity index is 1.78. The van der Waals surface area contributed by atoms with Crippen LogP contribution in [0.15, 0.2) is 65.1 Å². The first-order valence-electron chi connectivity index (χ1n) is 11.1. The minimum atomic E-state index is -0.940. The van der Waals surface area contributed by atoms with Crippen molar-refractivity contribution >= 4 is 17.6 Å². The fourth-order valence-electron chi connectivity index (χ4n) is 3.74. The maximum Gasteiger partial charge on any atom is 0.305 e. The van der Waals surface area contributed by atoms with Gasteiger partial charge in [0.2, 0.25) is 0 Å². The number of carbonyl (C=O) groups excluding carboxylic acids is 1. The Kier molecular flexibility index (Phi) is 7.59. The van der Waals surface area contributed by atoms with Crippen LogP contribution in [-0.4, -0.2) is 23.5 Å². The molecular formula is C27H32N2O4. The first kappa shape index (κ1) is 24.1. The highest BCUT2D eigenvalue weighted by Crippen LogP contribution is 2.37. The number of aryl methyl sites for hydroxylation is 1. The van der Waals surface area contributed by atoms with Crippen molar-refractivity contribution in [2.24, 2.45) is 5.41 Å². The summed E-state index contributed by atoms with van der Waals surface area (Å²) in [5.74, 6) is 0.499. The molecule has 1 unspecified atom stereocenters. The van der Waals surface area contributed by atoms with Crippen molar-refractivity contribution in [2.45, 2.75) is 46.6 Å². The molecule has 3 aromatic rings. The summed E-state index contributed by atoms with van der Waals surface area (Å²) in [6.07, 6.45) is 0.786. The number of carboxylic acids is 1. The van der Waals surface area contributed by atoms with Crippen molar-refractivity contribution in [3.63, 3.8) is 0 Å². The monoisotopic (exact) mass is 448 g/mol. The van der Waals surface area contributed by atoms with Crippen LogP contribution in [0.4, 0.5) is 5.69 Å². The number of benzene rings is 2. The maximum absolute atomic E-state index is 12.2. The van der Waals surface area contributed by atoms with Gasteiger partial charge in [0.1, 0.15) is 11.5 Å². The lowest BCUT2D eigenvalue weighted by atomic mass is 9.85. The Bertz CT molecular complexity index is 1080. The van der Waals surface area contributed by atoms with Gasteiger partial charge >= 0.3 is 5.97 Å². The van der Waals surface area contributed by atoms with Gasteiger partial charge in [-0.1, -0.05) is 51.1 Å². The summed E-state index contributed by atoms with van der Waals surface area (Å²) in [7, 11) is 0. The smallest absolute Gasteiger partial charge is 0.305 e. The molecule has 0 aliphatic heterocycles. The molecule has 1 aromatic heterocycles. The van der Waals surface area contributed by atoms with Crippen LogP contribution in [0, 0.1) is 12.3 Å². The molecule has 0 fully saturated rings. The summed E-state index contributed by atoms with van der Waals surface area (Å²) in [6, 6.07) is 19.4. The van der Waals surface area contributed by atoms with Gasteiger partial charge in [0.05, 0.1) is 12.5 Å². The second-order valence-corrected chi connectivity index (χ2v) is 9.43. The molecule has 3 N–H and O–H groups in total. The lowest BCUT2D eigenvalue weighted by molar-refractivity contribution is -0.136. The van der Waals surface area contributed by atoms with E-state index in [4.69, 9.17) is 9.52 Å². The van der Waals surface area contributed by atoms with Gasteiger partial charge in [-0.05, 0) is 49.1 Å². The molecule has 1 heterocycles. The number of rotatable bonds is 9. The number of carbonyl (C=O) groups is 2. The van der Waals surface area contributed by atoms with E-state index < -0.39 is 5.97 Å². The third-order valence-electron chi connectivity index (χ3n) is 5.32. The van der Waals surface area contributed by atoms with E-state index in [-0.39, 0.29) is 30.3 Å². The van der Waals surface area contributed by atoms with Crippen molar-refractivity contribution in [2.75, 3.05) is 11.9 Å². The van der Waals surface area contributed by atoms with Crippen molar-refractivity contribution in [1.29, 1.82) is 0 Å². The van der Waals surface area contributed by atoms with Gasteiger partial charge in [-0.3, -0.25) is 9.59 Å². The predicted molar refractivity (Wildman–Crippen MR) is 130 cm³/mol. The molecular weight excluding hydrogens is 416 g/mol. The Morgan fingerprint density at radius 2 is 1.70 bits per heavy atom. The summed E-state index contributed by atoms with van der Waals surface area (Å²) in [5, 5.41) is 14.9. The van der Waals surface area contributed by atoms with E-state index in [9.17, 15) is 9.59 Å². The number of carboxylic acid groups (broad SMARTS) is 1. The summed E-state index contributed by atoms with van der Waals surface area (Å²) in [6.45, 7) is 8.72. The molecule has 6 heteroatoms. The van der Waals surface area contributed by atoms with Crippen LogP contribution >= 0.6 is 0 Å². The van der Waals surface area contributed by atoms with E-state index in [2.05, 4.69) is 37.5 Å². The van der Waals surface area contributed by atoms with Gasteiger partial charge in [-0.2, -0.15) is 0 Å². The molecule has 0 saturated carbocycles. The van der Waals surface area contributed by atoms with Crippen molar-refractivity contribution in [1.82, 2.24) is 5.32 Å². The third-order valence-corrected chi connectivity index (χ3v) is 5.32. The Labute approximate surface area is 195 Å². The zero-order valence-corrected chi connectivity index (χ0v) is 19.6. The fraction of sp³-hybridized carbons (Fsp3) is 0.333. The third kappa shape index (κ3) is 6.97. The second kappa shape index (κ2) is 10.4. The van der Waals surface area contributed by atoms with Gasteiger partial charge < -0.3 is 20.2 Å². The molecule has 0 radical (unpaired) electrons. The van der Waals surface area contributed by atoms with Crippen LogP contribution in [0.3, 0.4) is 0 Å². The molecule has 6 nitrogen and oxygen atoms in total. The summed E-state index contributed by atoms with van der Waals surface area (Å²) in [5.41, 5.74) is 3.62. The van der Waals surface area contributed by atoms with E-state index in [0.29, 0.717) is 5.56 Å². The number of nitrogens with one attached hydrogen (secondary N) is 2. The van der Waals surface area contributed by atoms with Crippen LogP contribution in [0.25, 0.3) is 11.3 Å². The van der Waals surface area contributed by atoms with Crippen LogP contribution in [0.5, 0.6) is 0 Å². The highest BCUT2D eigenvalue weighted by atomic mass is 16.4. The van der Waals surface area contributed by atoms with E-state index in [1.807, 2.05) is 49.4 Å². The largest absolute Gasteiger partial charge is 0.481 e. The number of hydrogen-bond acceptors (Lipinski definition) is 4. The van der Waals surface area contributed by atoms with Crippen molar-refractivity contribution in [3.8, 4) is 11.3 Å². The molecule has 0 saturated heterocycles. The fourth-order valence-corrected chi connectivity index (χ4v) is 3.74. The number of anilines is 1. The number of hydrogen-bond donors (Lipinski definition) is 3. The quantitative estimate of drug-likeness (QED) is 0.371. The molecule has 0 bridgehead atoms. The molecule has 2 aromatic carbocycles. The highest BCUT2D eigenvalue weighted by Gasteiger charge is 2.24. The van der Waals surface area contributed by atoms with E-state index in [1.165, 1.54) is 0 Å². The Hall–Kier alpha value is -3.54. The first-order valence-corrected chi connectivity index (χ1v) is 11.1. The lowest BCUT2D eigenvalue weighted by Crippen LogP contribution is -2.26. The average Bonchev–Trinajstić information content (AvgIpc) is 3.15. The van der Waals surface area contributed by atoms with Crippen LogP contribution in [-0.2, 0) is 4.79 Å². The van der Waals surface area contributed by atoms with E-state index >= 15 is 0 Å². The zero-order valence-electron chi connectivity index (χ0n) is 19.6. The van der Waals surface area contributed by atoms with Gasteiger partial charge in [0.25, 0.3) is 5.91 Å². The number of aliphatic carboxylic acids is 1. The minimum Gasteiger partial charge on any atom is -0.481 e. The first-order chi connectivity index (χ1) is 15.6. The Morgan fingerprint density at radius 3 is 2.30 bits per heavy atom. The van der Waals surface area contributed by atoms with Gasteiger partial charge in [-0.25, -0.2) is 0 Å². The molecule has 0 aliphatic carbocycles. The number of furan rings is 1. The van der Waals surface area contributed by atoms with Gasteiger partial charge in [0.15, 0.2) is 0 Å². The molecule has 3 rings (SSSR count). The van der Waals surface area contributed by atoms with Gasteiger partial charge in [0, 0.05) is 28.9 Å². The molecule has 1 amide bonds. The highest BCUT2D eigenvalue weighted by molar-refractivity contribution is 5.94. The van der Waals surface area contributed by atoms with Crippen LogP contribution < -0.4 is 10.6 Å². The van der Waals surface area contributed by atoms with Crippen molar-refractivity contribution in [3.05, 3.63) is 77.6 Å². The molecule has 1 atom stereocenters. The second-order valence-electron chi connectivity index (χ2n) is 9.43. The molecule has 0 spiro atoms. The average molecular weight is 449 g/mol. The standard InChI is InChI=1S/C27H32N2O4/c1-18-22(16-24(33-18)19-8-6-5-7-9-19)23(17-27(2,3)4)29-21-12-10-20(11-13-21)26(32)28-15-14-25(30)31/h5-13,16,23,29H,14-15,17H2,1-4H3,(H,28,32)(H,30,31). The Morgan fingerprint density at radius 1 is 1.03 bits per heavy atom. The normalized spacial score (nSPS) is 12.2. The SMILES string of the molecule is Cc1oc(-c2ccccc2)cc1C(CC(C)(C)C)Nc1ccc(C(=O)NCCC(=O)O)cc1. The molecule has 174 valence electrons. The number of amides is 1. The van der Waals surface area contributed by atoms with Crippen molar-refractivity contribution < 1.29 is 19.1 Å². The maximum atomic E-state index is 12.2. The minimum absolute atomic E-state index is 0.0291.